The van der Waals surface area contributed by atoms with E-state index in [1.54, 1.807) is 22.7 Å². The van der Waals surface area contributed by atoms with Crippen LogP contribution in [0.1, 0.15) is 42.2 Å². The monoisotopic (exact) mass is 310 g/mol. The van der Waals surface area contributed by atoms with E-state index < -0.39 is 0 Å². The Kier molecular flexibility index (Phi) is 4.90. The molecule has 0 aromatic carbocycles. The van der Waals surface area contributed by atoms with Crippen LogP contribution in [0, 0.1) is 6.92 Å². The van der Waals surface area contributed by atoms with Gasteiger partial charge in [0, 0.05) is 35.1 Å². The summed E-state index contributed by atoms with van der Waals surface area (Å²) < 4.78 is 0. The second-order valence-electron chi connectivity index (χ2n) is 6.01. The van der Waals surface area contributed by atoms with Crippen LogP contribution in [0.25, 0.3) is 0 Å². The lowest BCUT2D eigenvalue weighted by atomic mass is 9.93. The van der Waals surface area contributed by atoms with Gasteiger partial charge in [-0.25, -0.2) is 9.97 Å². The molecule has 0 amide bonds. The number of rotatable bonds is 5. The van der Waals surface area contributed by atoms with Crippen LogP contribution in [0.5, 0.6) is 0 Å². The van der Waals surface area contributed by atoms with E-state index in [4.69, 9.17) is 10.8 Å². The zero-order chi connectivity index (χ0) is 14.8. The van der Waals surface area contributed by atoms with Gasteiger partial charge in [-0.05, 0) is 6.92 Å². The molecule has 0 saturated carbocycles. The van der Waals surface area contributed by atoms with Crippen molar-refractivity contribution in [3.8, 4) is 0 Å². The Hall–Kier alpha value is -0.820. The SMILES string of the molecule is Cc1nc(CC(Cc2nc(C(C)(C)C)cs2)NN)cs1. The highest BCUT2D eigenvalue weighted by Crippen LogP contribution is 2.24. The van der Waals surface area contributed by atoms with E-state index in [2.05, 4.69) is 41.9 Å². The predicted octanol–water partition coefficient (Wildman–Crippen LogP) is 2.82. The molecule has 6 heteroatoms. The van der Waals surface area contributed by atoms with Crippen LogP contribution in [0.2, 0.25) is 0 Å². The molecule has 20 heavy (non-hydrogen) atoms. The maximum atomic E-state index is 5.67. The summed E-state index contributed by atoms with van der Waals surface area (Å²) >= 11 is 3.39. The fraction of sp³-hybridized carbons (Fsp3) is 0.571. The molecule has 2 heterocycles. The number of hydrazine groups is 1. The van der Waals surface area contributed by atoms with Gasteiger partial charge in [-0.15, -0.1) is 22.7 Å². The number of aromatic nitrogens is 2. The smallest absolute Gasteiger partial charge is 0.0944 e. The molecule has 110 valence electrons. The Morgan fingerprint density at radius 2 is 1.95 bits per heavy atom. The third kappa shape index (κ3) is 4.09. The van der Waals surface area contributed by atoms with Gasteiger partial charge in [0.05, 0.1) is 21.4 Å². The van der Waals surface area contributed by atoms with E-state index in [-0.39, 0.29) is 11.5 Å². The summed E-state index contributed by atoms with van der Waals surface area (Å²) in [4.78, 5) is 9.21. The standard InChI is InChI=1S/C14H22N4S2/c1-9-16-11(7-19-9)5-10(18-15)6-13-17-12(8-20-13)14(2,3)4/h7-8,10,18H,5-6,15H2,1-4H3. The van der Waals surface area contributed by atoms with E-state index in [0.717, 1.165) is 34.2 Å². The van der Waals surface area contributed by atoms with Gasteiger partial charge in [0.1, 0.15) is 0 Å². The number of thiazole rings is 2. The minimum absolute atomic E-state index is 0.104. The molecular weight excluding hydrogens is 288 g/mol. The van der Waals surface area contributed by atoms with Crippen molar-refractivity contribution in [2.24, 2.45) is 5.84 Å². The lowest BCUT2D eigenvalue weighted by Crippen LogP contribution is -2.38. The van der Waals surface area contributed by atoms with Crippen molar-refractivity contribution in [3.05, 3.63) is 32.2 Å². The third-order valence-electron chi connectivity index (χ3n) is 3.10. The average molecular weight is 310 g/mol. The van der Waals surface area contributed by atoms with Gasteiger partial charge >= 0.3 is 0 Å². The Morgan fingerprint density at radius 1 is 1.20 bits per heavy atom. The molecule has 2 aromatic rings. The molecule has 0 aliphatic rings. The topological polar surface area (TPSA) is 63.8 Å². The third-order valence-corrected chi connectivity index (χ3v) is 4.79. The van der Waals surface area contributed by atoms with Crippen LogP contribution in [0.4, 0.5) is 0 Å². The second kappa shape index (κ2) is 6.30. The Balaban J connectivity index is 2.01. The van der Waals surface area contributed by atoms with Gasteiger partial charge in [0.25, 0.3) is 0 Å². The van der Waals surface area contributed by atoms with Crippen LogP contribution in [0.3, 0.4) is 0 Å². The number of nitrogens with two attached hydrogens (primary N) is 1. The summed E-state index contributed by atoms with van der Waals surface area (Å²) in [6, 6.07) is 0.176. The van der Waals surface area contributed by atoms with Crippen LogP contribution in [-0.4, -0.2) is 16.0 Å². The fourth-order valence-electron chi connectivity index (χ4n) is 1.90. The number of nitrogens with one attached hydrogen (secondary N) is 1. The van der Waals surface area contributed by atoms with Gasteiger partial charge in [0.15, 0.2) is 0 Å². The van der Waals surface area contributed by atoms with Gasteiger partial charge in [0.2, 0.25) is 0 Å². The van der Waals surface area contributed by atoms with Crippen LogP contribution < -0.4 is 11.3 Å². The van der Waals surface area contributed by atoms with Crippen molar-refractivity contribution in [1.29, 1.82) is 0 Å². The highest BCUT2D eigenvalue weighted by Gasteiger charge is 2.19. The van der Waals surface area contributed by atoms with Crippen molar-refractivity contribution in [2.45, 2.75) is 52.0 Å². The molecule has 0 bridgehead atoms. The molecule has 0 fully saturated rings. The second-order valence-corrected chi connectivity index (χ2v) is 8.01. The molecule has 2 rings (SSSR count). The van der Waals surface area contributed by atoms with E-state index in [0.29, 0.717) is 0 Å². The predicted molar refractivity (Wildman–Crippen MR) is 86.2 cm³/mol. The summed E-state index contributed by atoms with van der Waals surface area (Å²) in [7, 11) is 0. The largest absolute Gasteiger partial charge is 0.271 e. The van der Waals surface area contributed by atoms with Crippen LogP contribution >= 0.6 is 22.7 Å². The molecule has 0 radical (unpaired) electrons. The molecule has 0 spiro atoms. The molecule has 1 unspecified atom stereocenters. The molecule has 1 atom stereocenters. The molecule has 3 N–H and O–H groups in total. The van der Waals surface area contributed by atoms with Gasteiger partial charge in [-0.3, -0.25) is 11.3 Å². The van der Waals surface area contributed by atoms with Crippen molar-refractivity contribution in [2.75, 3.05) is 0 Å². The number of hydrogen-bond acceptors (Lipinski definition) is 6. The first-order valence-electron chi connectivity index (χ1n) is 6.70. The molecule has 0 aliphatic carbocycles. The Labute approximate surface area is 128 Å². The first-order valence-corrected chi connectivity index (χ1v) is 8.46. The highest BCUT2D eigenvalue weighted by atomic mass is 32.1. The lowest BCUT2D eigenvalue weighted by Gasteiger charge is -2.15. The highest BCUT2D eigenvalue weighted by molar-refractivity contribution is 7.09. The molecule has 0 saturated heterocycles. The summed E-state index contributed by atoms with van der Waals surface area (Å²) in [5.74, 6) is 5.67. The Bertz CT molecular complexity index is 554. The minimum atomic E-state index is 0.104. The Morgan fingerprint density at radius 3 is 2.45 bits per heavy atom. The van der Waals surface area contributed by atoms with Gasteiger partial charge < -0.3 is 0 Å². The molecule has 0 aliphatic heterocycles. The normalized spacial score (nSPS) is 13.7. The summed E-state index contributed by atoms with van der Waals surface area (Å²) in [6.45, 7) is 8.57. The van der Waals surface area contributed by atoms with Crippen molar-refractivity contribution < 1.29 is 0 Å². The summed E-state index contributed by atoms with van der Waals surface area (Å²) in [5, 5.41) is 6.47. The zero-order valence-corrected chi connectivity index (χ0v) is 14.1. The maximum Gasteiger partial charge on any atom is 0.0944 e. The van der Waals surface area contributed by atoms with Crippen LogP contribution in [0.15, 0.2) is 10.8 Å². The first-order chi connectivity index (χ1) is 9.38. The summed E-state index contributed by atoms with van der Waals surface area (Å²) in [5.41, 5.74) is 5.24. The van der Waals surface area contributed by atoms with Gasteiger partial charge in [-0.1, -0.05) is 20.8 Å². The maximum absolute atomic E-state index is 5.67. The quantitative estimate of drug-likeness (QED) is 0.658. The van der Waals surface area contributed by atoms with Gasteiger partial charge in [-0.2, -0.15) is 0 Å². The van der Waals surface area contributed by atoms with Crippen molar-refractivity contribution in [1.82, 2.24) is 15.4 Å². The lowest BCUT2D eigenvalue weighted by molar-refractivity contribution is 0.513. The van der Waals surface area contributed by atoms with Crippen LogP contribution in [-0.2, 0) is 18.3 Å². The molecular formula is C14H22N4S2. The number of nitrogens with zero attached hydrogens (tertiary/aromatic N) is 2. The average Bonchev–Trinajstić information content (AvgIpc) is 2.97. The van der Waals surface area contributed by atoms with E-state index >= 15 is 0 Å². The number of aryl methyl sites for hydroxylation is 1. The molecule has 4 nitrogen and oxygen atoms in total. The fourth-order valence-corrected chi connectivity index (χ4v) is 3.63. The van der Waals surface area contributed by atoms with E-state index in [1.165, 1.54) is 0 Å². The summed E-state index contributed by atoms with van der Waals surface area (Å²) in [6.07, 6.45) is 1.68. The van der Waals surface area contributed by atoms with Crippen molar-refractivity contribution >= 4 is 22.7 Å². The molecule has 2 aromatic heterocycles. The first kappa shape index (κ1) is 15.6. The number of hydrogen-bond donors (Lipinski definition) is 2. The van der Waals surface area contributed by atoms with E-state index in [1.807, 2.05) is 6.92 Å². The van der Waals surface area contributed by atoms with Crippen molar-refractivity contribution in [3.63, 3.8) is 0 Å². The zero-order valence-electron chi connectivity index (χ0n) is 12.4. The van der Waals surface area contributed by atoms with E-state index in [9.17, 15) is 0 Å². The minimum Gasteiger partial charge on any atom is -0.271 e.